The zero-order chi connectivity index (χ0) is 12.8. The third-order valence-electron chi connectivity index (χ3n) is 2.38. The molecule has 0 aliphatic rings. The van der Waals surface area contributed by atoms with E-state index in [0.29, 0.717) is 29.7 Å². The maximum absolute atomic E-state index is 11.5. The van der Waals surface area contributed by atoms with Gasteiger partial charge < -0.3 is 11.1 Å². The van der Waals surface area contributed by atoms with E-state index in [9.17, 15) is 9.59 Å². The van der Waals surface area contributed by atoms with Gasteiger partial charge in [0, 0.05) is 18.7 Å². The third kappa shape index (κ3) is 4.62. The Hall–Kier alpha value is -1.27. The van der Waals surface area contributed by atoms with Crippen molar-refractivity contribution >= 4 is 28.2 Å². The molecule has 94 valence electrons. The smallest absolute Gasteiger partial charge is 0.226 e. The molecule has 0 saturated heterocycles. The molecule has 0 aliphatic heterocycles. The van der Waals surface area contributed by atoms with Crippen molar-refractivity contribution in [1.82, 2.24) is 4.98 Å². The second-order valence-corrected chi connectivity index (χ2v) is 4.88. The van der Waals surface area contributed by atoms with E-state index >= 15 is 0 Å². The van der Waals surface area contributed by atoms with Crippen LogP contribution in [0.5, 0.6) is 0 Å². The summed E-state index contributed by atoms with van der Waals surface area (Å²) < 4.78 is 0. The fraction of sp³-hybridized carbons (Fsp3) is 0.545. The molecule has 0 bridgehead atoms. The number of carbonyl (C=O) groups is 2. The van der Waals surface area contributed by atoms with Gasteiger partial charge in [-0.3, -0.25) is 9.59 Å². The van der Waals surface area contributed by atoms with Gasteiger partial charge in [-0.2, -0.15) is 0 Å². The average molecular weight is 255 g/mol. The Balaban J connectivity index is 2.42. The van der Waals surface area contributed by atoms with Gasteiger partial charge in [0.1, 0.15) is 5.69 Å². The fourth-order valence-corrected chi connectivity index (χ4v) is 1.94. The van der Waals surface area contributed by atoms with E-state index in [0.717, 1.165) is 6.42 Å². The number of rotatable bonds is 6. The summed E-state index contributed by atoms with van der Waals surface area (Å²) in [5.41, 5.74) is 5.86. The average Bonchev–Trinajstić information content (AvgIpc) is 2.74. The molecule has 1 heterocycles. The normalized spacial score (nSPS) is 12.2. The van der Waals surface area contributed by atoms with Crippen LogP contribution in [0.25, 0.3) is 0 Å². The lowest BCUT2D eigenvalue weighted by Crippen LogP contribution is -2.16. The standard InChI is InChI=1S/C11H17N3O2S/c1-7(5-12)3-4-10(16)14-11-13-9(6-17-11)8(2)15/h6-7H,3-5,12H2,1-2H3,(H,13,14,16). The molecule has 1 aromatic rings. The Kier molecular flexibility index (Phi) is 5.24. The highest BCUT2D eigenvalue weighted by Crippen LogP contribution is 2.16. The van der Waals surface area contributed by atoms with Gasteiger partial charge in [0.15, 0.2) is 10.9 Å². The van der Waals surface area contributed by atoms with E-state index in [1.165, 1.54) is 18.3 Å². The number of anilines is 1. The molecule has 5 nitrogen and oxygen atoms in total. The van der Waals surface area contributed by atoms with Crippen LogP contribution in [0.2, 0.25) is 0 Å². The lowest BCUT2D eigenvalue weighted by Gasteiger charge is -2.06. The minimum Gasteiger partial charge on any atom is -0.330 e. The van der Waals surface area contributed by atoms with Crippen molar-refractivity contribution in [3.05, 3.63) is 11.1 Å². The zero-order valence-corrected chi connectivity index (χ0v) is 10.8. The van der Waals surface area contributed by atoms with E-state index in [1.807, 2.05) is 6.92 Å². The molecule has 1 rings (SSSR count). The first-order valence-corrected chi connectivity index (χ1v) is 6.37. The molecule has 1 unspecified atom stereocenters. The monoisotopic (exact) mass is 255 g/mol. The first kappa shape index (κ1) is 13.8. The first-order valence-electron chi connectivity index (χ1n) is 5.49. The van der Waals surface area contributed by atoms with Crippen LogP contribution < -0.4 is 11.1 Å². The number of aromatic nitrogens is 1. The van der Waals surface area contributed by atoms with Gasteiger partial charge >= 0.3 is 0 Å². The summed E-state index contributed by atoms with van der Waals surface area (Å²) in [6.07, 6.45) is 1.18. The van der Waals surface area contributed by atoms with Crippen molar-refractivity contribution < 1.29 is 9.59 Å². The highest BCUT2D eigenvalue weighted by Gasteiger charge is 2.10. The van der Waals surface area contributed by atoms with E-state index in [2.05, 4.69) is 10.3 Å². The lowest BCUT2D eigenvalue weighted by molar-refractivity contribution is -0.116. The van der Waals surface area contributed by atoms with Crippen LogP contribution in [-0.2, 0) is 4.79 Å². The van der Waals surface area contributed by atoms with E-state index in [4.69, 9.17) is 5.73 Å². The molecule has 0 radical (unpaired) electrons. The fourth-order valence-electron chi connectivity index (χ4n) is 1.17. The zero-order valence-electron chi connectivity index (χ0n) is 10.0. The van der Waals surface area contributed by atoms with Gasteiger partial charge in [0.25, 0.3) is 0 Å². The van der Waals surface area contributed by atoms with E-state index < -0.39 is 0 Å². The number of hydrogen-bond acceptors (Lipinski definition) is 5. The summed E-state index contributed by atoms with van der Waals surface area (Å²) in [6, 6.07) is 0. The predicted molar refractivity (Wildman–Crippen MR) is 68.2 cm³/mol. The van der Waals surface area contributed by atoms with Crippen LogP contribution in [-0.4, -0.2) is 23.2 Å². The number of thiazole rings is 1. The quantitative estimate of drug-likeness (QED) is 0.757. The molecule has 0 aromatic carbocycles. The Bertz CT molecular complexity index is 403. The van der Waals surface area contributed by atoms with Gasteiger partial charge in [-0.1, -0.05) is 6.92 Å². The number of nitrogens with zero attached hydrogens (tertiary/aromatic N) is 1. The maximum Gasteiger partial charge on any atom is 0.226 e. The molecule has 0 saturated carbocycles. The lowest BCUT2D eigenvalue weighted by atomic mass is 10.1. The number of carbonyl (C=O) groups excluding carboxylic acids is 2. The summed E-state index contributed by atoms with van der Waals surface area (Å²) in [7, 11) is 0. The number of Topliss-reactive ketones (excluding diaryl/α,β-unsaturated/α-hetero) is 1. The topological polar surface area (TPSA) is 85.1 Å². The summed E-state index contributed by atoms with van der Waals surface area (Å²) in [5, 5.41) is 4.78. The molecule has 0 fully saturated rings. The van der Waals surface area contributed by atoms with Crippen molar-refractivity contribution in [1.29, 1.82) is 0 Å². The predicted octanol–water partition coefficient (Wildman–Crippen LogP) is 1.66. The summed E-state index contributed by atoms with van der Waals surface area (Å²) in [4.78, 5) is 26.6. The highest BCUT2D eigenvalue weighted by atomic mass is 32.1. The van der Waals surface area contributed by atoms with Crippen LogP contribution in [0.1, 0.15) is 37.2 Å². The highest BCUT2D eigenvalue weighted by molar-refractivity contribution is 7.14. The van der Waals surface area contributed by atoms with Crippen molar-refractivity contribution in [2.75, 3.05) is 11.9 Å². The van der Waals surface area contributed by atoms with E-state index in [-0.39, 0.29) is 11.7 Å². The van der Waals surface area contributed by atoms with Crippen molar-refractivity contribution in [2.24, 2.45) is 11.7 Å². The van der Waals surface area contributed by atoms with Gasteiger partial charge in [-0.15, -0.1) is 11.3 Å². The maximum atomic E-state index is 11.5. The molecule has 0 aliphatic carbocycles. The molecule has 17 heavy (non-hydrogen) atoms. The van der Waals surface area contributed by atoms with Crippen LogP contribution >= 0.6 is 11.3 Å². The summed E-state index contributed by atoms with van der Waals surface area (Å²) in [6.45, 7) is 4.03. The van der Waals surface area contributed by atoms with Crippen molar-refractivity contribution in [2.45, 2.75) is 26.7 Å². The molecule has 1 aromatic heterocycles. The van der Waals surface area contributed by atoms with Crippen molar-refractivity contribution in [3.8, 4) is 0 Å². The summed E-state index contributed by atoms with van der Waals surface area (Å²) >= 11 is 1.26. The molecule has 0 spiro atoms. The van der Waals surface area contributed by atoms with Crippen LogP contribution in [0, 0.1) is 5.92 Å². The summed E-state index contributed by atoms with van der Waals surface area (Å²) in [5.74, 6) is 0.151. The second kappa shape index (κ2) is 6.46. The van der Waals surface area contributed by atoms with Crippen LogP contribution in [0.3, 0.4) is 0 Å². The Morgan fingerprint density at radius 2 is 2.29 bits per heavy atom. The molecule has 1 amide bonds. The number of ketones is 1. The molecule has 1 atom stereocenters. The number of nitrogens with two attached hydrogens (primary N) is 1. The molecular formula is C11H17N3O2S. The van der Waals surface area contributed by atoms with Gasteiger partial charge in [0.2, 0.25) is 5.91 Å². The second-order valence-electron chi connectivity index (χ2n) is 4.02. The Morgan fingerprint density at radius 1 is 1.59 bits per heavy atom. The number of amides is 1. The SMILES string of the molecule is CC(=O)c1csc(NC(=O)CCC(C)CN)n1. The van der Waals surface area contributed by atoms with Crippen molar-refractivity contribution in [3.63, 3.8) is 0 Å². The number of hydrogen-bond donors (Lipinski definition) is 2. The number of nitrogens with one attached hydrogen (secondary N) is 1. The molecule has 3 N–H and O–H groups in total. The first-order chi connectivity index (χ1) is 8.02. The van der Waals surface area contributed by atoms with E-state index in [1.54, 1.807) is 5.38 Å². The van der Waals surface area contributed by atoms with Gasteiger partial charge in [0.05, 0.1) is 0 Å². The van der Waals surface area contributed by atoms with Gasteiger partial charge in [-0.25, -0.2) is 4.98 Å². The largest absolute Gasteiger partial charge is 0.330 e. The minimum absolute atomic E-state index is 0.0882. The Labute approximate surface area is 104 Å². The minimum atomic E-state index is -0.0986. The van der Waals surface area contributed by atoms with Crippen LogP contribution in [0.15, 0.2) is 5.38 Å². The Morgan fingerprint density at radius 3 is 2.82 bits per heavy atom. The molecular weight excluding hydrogens is 238 g/mol. The van der Waals surface area contributed by atoms with Crippen LogP contribution in [0.4, 0.5) is 5.13 Å². The third-order valence-corrected chi connectivity index (χ3v) is 3.14. The van der Waals surface area contributed by atoms with Gasteiger partial charge in [-0.05, 0) is 18.9 Å². The molecule has 6 heteroatoms.